The van der Waals surface area contributed by atoms with Gasteiger partial charge in [0.05, 0.1) is 14.2 Å². The molecule has 146 valence electrons. The normalized spacial score (nSPS) is 10.8. The van der Waals surface area contributed by atoms with Crippen LogP contribution in [0.4, 0.5) is 0 Å². The molecule has 28 heavy (non-hydrogen) atoms. The number of ether oxygens (including phenoxy) is 4. The van der Waals surface area contributed by atoms with Crippen LogP contribution in [0.5, 0.6) is 17.2 Å². The van der Waals surface area contributed by atoms with Crippen LogP contribution < -0.4 is 9.47 Å². The first kappa shape index (κ1) is 20.5. The molecule has 0 unspecified atom stereocenters. The standard InChI is InChI=1S/C20H18O8/c1-12(21)27-14-9-7-13(8-10-14)11-17(20(24)26-3)28-16-6-4-5-15(18(16)22)19(23)25-2/h4-11,22H,1-3H3/b17-11+. The molecule has 0 heterocycles. The minimum atomic E-state index is -0.799. The van der Waals surface area contributed by atoms with Crippen LogP contribution >= 0.6 is 0 Å². The van der Waals surface area contributed by atoms with Gasteiger partial charge in [-0.25, -0.2) is 9.59 Å². The van der Waals surface area contributed by atoms with E-state index in [1.165, 1.54) is 57.6 Å². The smallest absolute Gasteiger partial charge is 0.373 e. The van der Waals surface area contributed by atoms with Crippen molar-refractivity contribution in [2.24, 2.45) is 0 Å². The third-order valence-corrected chi connectivity index (χ3v) is 3.45. The van der Waals surface area contributed by atoms with Gasteiger partial charge in [-0.1, -0.05) is 18.2 Å². The molecule has 0 aliphatic carbocycles. The summed E-state index contributed by atoms with van der Waals surface area (Å²) < 4.78 is 19.7. The van der Waals surface area contributed by atoms with Crippen molar-refractivity contribution in [1.82, 2.24) is 0 Å². The molecule has 0 aliphatic rings. The van der Waals surface area contributed by atoms with Crippen LogP contribution in [-0.4, -0.2) is 37.2 Å². The summed E-state index contributed by atoms with van der Waals surface area (Å²) in [6.07, 6.45) is 1.37. The molecule has 2 aromatic carbocycles. The molecule has 0 saturated heterocycles. The monoisotopic (exact) mass is 386 g/mol. The van der Waals surface area contributed by atoms with Gasteiger partial charge >= 0.3 is 17.9 Å². The zero-order valence-corrected chi connectivity index (χ0v) is 15.4. The number of phenolic OH excluding ortho intramolecular Hbond substituents is 1. The average Bonchev–Trinajstić information content (AvgIpc) is 2.68. The minimum absolute atomic E-state index is 0.116. The lowest BCUT2D eigenvalue weighted by atomic mass is 10.1. The summed E-state index contributed by atoms with van der Waals surface area (Å²) in [7, 11) is 2.35. The number of para-hydroxylation sites is 1. The Labute approximate surface area is 160 Å². The lowest BCUT2D eigenvalue weighted by Gasteiger charge is -2.12. The van der Waals surface area contributed by atoms with Crippen LogP contribution in [0.3, 0.4) is 0 Å². The van der Waals surface area contributed by atoms with Crippen molar-refractivity contribution in [1.29, 1.82) is 0 Å². The first-order valence-corrected chi connectivity index (χ1v) is 8.02. The van der Waals surface area contributed by atoms with Crippen LogP contribution in [0.1, 0.15) is 22.8 Å². The van der Waals surface area contributed by atoms with Gasteiger partial charge in [-0.2, -0.15) is 0 Å². The van der Waals surface area contributed by atoms with E-state index >= 15 is 0 Å². The molecule has 8 heteroatoms. The Morgan fingerprint density at radius 3 is 2.18 bits per heavy atom. The molecule has 0 amide bonds. The quantitative estimate of drug-likeness (QED) is 0.349. The Hall–Kier alpha value is -3.81. The number of rotatable bonds is 6. The SMILES string of the molecule is COC(=O)/C(=C\c1ccc(OC(C)=O)cc1)Oc1cccc(C(=O)OC)c1O. The van der Waals surface area contributed by atoms with Crippen molar-refractivity contribution in [3.63, 3.8) is 0 Å². The largest absolute Gasteiger partial charge is 0.504 e. The van der Waals surface area contributed by atoms with Crippen molar-refractivity contribution in [2.75, 3.05) is 14.2 Å². The zero-order valence-electron chi connectivity index (χ0n) is 15.4. The second-order valence-electron chi connectivity index (χ2n) is 5.41. The maximum Gasteiger partial charge on any atom is 0.373 e. The highest BCUT2D eigenvalue weighted by atomic mass is 16.6. The summed E-state index contributed by atoms with van der Waals surface area (Å²) in [5.74, 6) is -2.51. The number of esters is 3. The Morgan fingerprint density at radius 2 is 1.61 bits per heavy atom. The predicted octanol–water partition coefficient (Wildman–Crippen LogP) is 2.70. The maximum absolute atomic E-state index is 12.1. The minimum Gasteiger partial charge on any atom is -0.504 e. The van der Waals surface area contributed by atoms with E-state index in [0.29, 0.717) is 11.3 Å². The number of phenols is 1. The number of carbonyl (C=O) groups excluding carboxylic acids is 3. The Balaban J connectivity index is 2.35. The van der Waals surface area contributed by atoms with E-state index in [4.69, 9.17) is 14.2 Å². The number of aromatic hydroxyl groups is 1. The molecule has 0 aromatic heterocycles. The molecule has 2 aromatic rings. The van der Waals surface area contributed by atoms with Gasteiger partial charge in [0, 0.05) is 6.92 Å². The van der Waals surface area contributed by atoms with Crippen molar-refractivity contribution < 1.29 is 38.4 Å². The topological polar surface area (TPSA) is 108 Å². The van der Waals surface area contributed by atoms with Gasteiger partial charge in [0.25, 0.3) is 0 Å². The van der Waals surface area contributed by atoms with Gasteiger partial charge in [0.2, 0.25) is 5.76 Å². The van der Waals surface area contributed by atoms with Crippen LogP contribution in [0, 0.1) is 0 Å². The van der Waals surface area contributed by atoms with Crippen molar-refractivity contribution in [3.8, 4) is 17.2 Å². The van der Waals surface area contributed by atoms with E-state index in [1.54, 1.807) is 12.1 Å². The van der Waals surface area contributed by atoms with Crippen LogP contribution in [0.15, 0.2) is 48.2 Å². The van der Waals surface area contributed by atoms with E-state index in [-0.39, 0.29) is 17.1 Å². The second-order valence-corrected chi connectivity index (χ2v) is 5.41. The summed E-state index contributed by atoms with van der Waals surface area (Å²) in [6, 6.07) is 10.5. The van der Waals surface area contributed by atoms with Gasteiger partial charge in [-0.05, 0) is 35.9 Å². The Bertz CT molecular complexity index is 912. The molecule has 0 bridgehead atoms. The first-order valence-electron chi connectivity index (χ1n) is 8.02. The fourth-order valence-corrected chi connectivity index (χ4v) is 2.18. The molecular formula is C20H18O8. The molecule has 2 rings (SSSR count). The molecule has 8 nitrogen and oxygen atoms in total. The molecule has 0 atom stereocenters. The summed E-state index contributed by atoms with van der Waals surface area (Å²) in [4.78, 5) is 34.7. The third kappa shape index (κ3) is 5.10. The highest BCUT2D eigenvalue weighted by molar-refractivity contribution is 5.94. The van der Waals surface area contributed by atoms with E-state index in [2.05, 4.69) is 4.74 Å². The van der Waals surface area contributed by atoms with Gasteiger partial charge < -0.3 is 24.1 Å². The first-order chi connectivity index (χ1) is 13.3. The van der Waals surface area contributed by atoms with E-state index in [0.717, 1.165) is 0 Å². The molecule has 0 spiro atoms. The van der Waals surface area contributed by atoms with Gasteiger partial charge in [-0.15, -0.1) is 0 Å². The summed E-state index contributed by atoms with van der Waals surface area (Å²) in [5, 5.41) is 10.2. The Morgan fingerprint density at radius 1 is 0.929 bits per heavy atom. The number of hydrogen-bond acceptors (Lipinski definition) is 8. The molecule has 0 aliphatic heterocycles. The summed E-state index contributed by atoms with van der Waals surface area (Å²) in [6.45, 7) is 1.28. The van der Waals surface area contributed by atoms with Gasteiger partial charge in [0.15, 0.2) is 11.5 Å². The highest BCUT2D eigenvalue weighted by Crippen LogP contribution is 2.32. The predicted molar refractivity (Wildman–Crippen MR) is 97.8 cm³/mol. The van der Waals surface area contributed by atoms with Crippen molar-refractivity contribution in [3.05, 3.63) is 59.4 Å². The van der Waals surface area contributed by atoms with Crippen molar-refractivity contribution in [2.45, 2.75) is 6.92 Å². The van der Waals surface area contributed by atoms with Crippen LogP contribution in [-0.2, 0) is 19.1 Å². The number of hydrogen-bond donors (Lipinski definition) is 1. The number of methoxy groups -OCH3 is 2. The lowest BCUT2D eigenvalue weighted by Crippen LogP contribution is -2.11. The number of benzene rings is 2. The highest BCUT2D eigenvalue weighted by Gasteiger charge is 2.19. The van der Waals surface area contributed by atoms with E-state index in [9.17, 15) is 19.5 Å². The molecular weight excluding hydrogens is 368 g/mol. The maximum atomic E-state index is 12.1. The van der Waals surface area contributed by atoms with Crippen molar-refractivity contribution >= 4 is 24.0 Å². The average molecular weight is 386 g/mol. The van der Waals surface area contributed by atoms with Gasteiger partial charge in [0.1, 0.15) is 11.3 Å². The van der Waals surface area contributed by atoms with E-state index < -0.39 is 23.7 Å². The summed E-state index contributed by atoms with van der Waals surface area (Å²) in [5.41, 5.74) is 0.426. The third-order valence-electron chi connectivity index (χ3n) is 3.45. The van der Waals surface area contributed by atoms with Gasteiger partial charge in [-0.3, -0.25) is 4.79 Å². The molecule has 0 radical (unpaired) electrons. The van der Waals surface area contributed by atoms with E-state index in [1.807, 2.05) is 0 Å². The second kappa shape index (κ2) is 9.22. The Kier molecular flexibility index (Phi) is 6.75. The van der Waals surface area contributed by atoms with Crippen LogP contribution in [0.2, 0.25) is 0 Å². The summed E-state index contributed by atoms with van der Waals surface area (Å²) >= 11 is 0. The zero-order chi connectivity index (χ0) is 20.7. The lowest BCUT2D eigenvalue weighted by molar-refractivity contribution is -0.138. The number of carbonyl (C=O) groups is 3. The fourth-order valence-electron chi connectivity index (χ4n) is 2.18. The molecule has 0 saturated carbocycles. The fraction of sp³-hybridized carbons (Fsp3) is 0.150. The van der Waals surface area contributed by atoms with Crippen LogP contribution in [0.25, 0.3) is 6.08 Å². The molecule has 0 fully saturated rings. The molecule has 1 N–H and O–H groups in total.